The van der Waals surface area contributed by atoms with Crippen molar-refractivity contribution in [3.63, 3.8) is 0 Å². The number of rotatable bonds is 6. The van der Waals surface area contributed by atoms with E-state index in [1.54, 1.807) is 7.11 Å². The minimum Gasteiger partial charge on any atom is -0.384 e. The Kier molecular flexibility index (Phi) is 6.21. The van der Waals surface area contributed by atoms with Crippen LogP contribution < -0.4 is 5.32 Å². The SMILES string of the molecule is COC[C@@H]1CCCN(CC(=O)N[C@@H](C)c2ccccc2)C1. The lowest BCUT2D eigenvalue weighted by Crippen LogP contribution is -2.43. The van der Waals surface area contributed by atoms with Gasteiger partial charge in [-0.05, 0) is 37.8 Å². The Morgan fingerprint density at radius 1 is 1.43 bits per heavy atom. The molecule has 1 aromatic carbocycles. The highest BCUT2D eigenvalue weighted by Crippen LogP contribution is 2.16. The van der Waals surface area contributed by atoms with E-state index in [4.69, 9.17) is 4.74 Å². The fourth-order valence-corrected chi connectivity index (χ4v) is 2.98. The standard InChI is InChI=1S/C17H26N2O2/c1-14(16-8-4-3-5-9-16)18-17(20)12-19-10-6-7-15(11-19)13-21-2/h3-5,8-9,14-15H,6-7,10-13H2,1-2H3,(H,18,20)/t14-,15+/m0/s1. The first-order chi connectivity index (χ1) is 10.2. The second kappa shape index (κ2) is 8.15. The van der Waals surface area contributed by atoms with Crippen molar-refractivity contribution in [1.29, 1.82) is 0 Å². The minimum absolute atomic E-state index is 0.0539. The molecule has 0 saturated carbocycles. The van der Waals surface area contributed by atoms with Crippen molar-refractivity contribution < 1.29 is 9.53 Å². The van der Waals surface area contributed by atoms with Gasteiger partial charge in [0.1, 0.15) is 0 Å². The molecule has 21 heavy (non-hydrogen) atoms. The number of benzene rings is 1. The zero-order valence-corrected chi connectivity index (χ0v) is 13.0. The van der Waals surface area contributed by atoms with Gasteiger partial charge in [-0.15, -0.1) is 0 Å². The van der Waals surface area contributed by atoms with Crippen LogP contribution >= 0.6 is 0 Å². The van der Waals surface area contributed by atoms with Crippen molar-refractivity contribution in [3.05, 3.63) is 35.9 Å². The topological polar surface area (TPSA) is 41.6 Å². The minimum atomic E-state index is 0.0539. The molecule has 1 amide bonds. The summed E-state index contributed by atoms with van der Waals surface area (Å²) in [5.41, 5.74) is 1.14. The second-order valence-electron chi connectivity index (χ2n) is 5.90. The maximum Gasteiger partial charge on any atom is 0.234 e. The molecule has 0 radical (unpaired) electrons. The third kappa shape index (κ3) is 5.14. The maximum absolute atomic E-state index is 12.2. The molecule has 0 spiro atoms. The predicted octanol–water partition coefficient (Wildman–Crippen LogP) is 2.22. The summed E-state index contributed by atoms with van der Waals surface area (Å²) in [4.78, 5) is 14.4. The summed E-state index contributed by atoms with van der Waals surface area (Å²) in [7, 11) is 1.74. The number of methoxy groups -OCH3 is 1. The van der Waals surface area contributed by atoms with Gasteiger partial charge in [-0.25, -0.2) is 0 Å². The van der Waals surface area contributed by atoms with E-state index in [1.807, 2.05) is 37.3 Å². The Hall–Kier alpha value is -1.39. The number of hydrogen-bond donors (Lipinski definition) is 1. The van der Waals surface area contributed by atoms with E-state index in [0.29, 0.717) is 12.5 Å². The van der Waals surface area contributed by atoms with Gasteiger partial charge in [-0.2, -0.15) is 0 Å². The summed E-state index contributed by atoms with van der Waals surface area (Å²) < 4.78 is 5.23. The first kappa shape index (κ1) is 16.0. The zero-order chi connectivity index (χ0) is 15.1. The highest BCUT2D eigenvalue weighted by Gasteiger charge is 2.22. The lowest BCUT2D eigenvalue weighted by atomic mass is 9.99. The van der Waals surface area contributed by atoms with Crippen LogP contribution in [0.2, 0.25) is 0 Å². The van der Waals surface area contributed by atoms with Gasteiger partial charge in [0.2, 0.25) is 5.91 Å². The van der Waals surface area contributed by atoms with E-state index >= 15 is 0 Å². The molecule has 4 nitrogen and oxygen atoms in total. The van der Waals surface area contributed by atoms with Crippen molar-refractivity contribution in [1.82, 2.24) is 10.2 Å². The third-order valence-electron chi connectivity index (χ3n) is 4.05. The number of piperidine rings is 1. The summed E-state index contributed by atoms with van der Waals surface area (Å²) in [6.07, 6.45) is 2.35. The highest BCUT2D eigenvalue weighted by molar-refractivity contribution is 5.78. The molecule has 2 rings (SSSR count). The Balaban J connectivity index is 1.79. The maximum atomic E-state index is 12.2. The molecule has 1 N–H and O–H groups in total. The number of ether oxygens (including phenoxy) is 1. The molecule has 2 atom stereocenters. The van der Waals surface area contributed by atoms with Crippen LogP contribution in [-0.4, -0.2) is 44.2 Å². The summed E-state index contributed by atoms with van der Waals surface area (Å²) >= 11 is 0. The average Bonchev–Trinajstić information content (AvgIpc) is 2.48. The van der Waals surface area contributed by atoms with Crippen LogP contribution in [0, 0.1) is 5.92 Å². The average molecular weight is 290 g/mol. The molecule has 116 valence electrons. The van der Waals surface area contributed by atoms with Gasteiger partial charge in [0, 0.05) is 13.7 Å². The molecule has 0 aliphatic carbocycles. The van der Waals surface area contributed by atoms with Gasteiger partial charge in [0.25, 0.3) is 0 Å². The van der Waals surface area contributed by atoms with Gasteiger partial charge in [-0.3, -0.25) is 9.69 Å². The molecule has 1 fully saturated rings. The third-order valence-corrected chi connectivity index (χ3v) is 4.05. The summed E-state index contributed by atoms with van der Waals surface area (Å²) in [6, 6.07) is 10.1. The van der Waals surface area contributed by atoms with Crippen LogP contribution in [-0.2, 0) is 9.53 Å². The van der Waals surface area contributed by atoms with Gasteiger partial charge in [-0.1, -0.05) is 30.3 Å². The number of carbonyl (C=O) groups is 1. The monoisotopic (exact) mass is 290 g/mol. The quantitative estimate of drug-likeness (QED) is 0.873. The Bertz CT molecular complexity index is 434. The number of amides is 1. The van der Waals surface area contributed by atoms with E-state index in [9.17, 15) is 4.79 Å². The molecular weight excluding hydrogens is 264 g/mol. The van der Waals surface area contributed by atoms with E-state index in [1.165, 1.54) is 6.42 Å². The van der Waals surface area contributed by atoms with E-state index in [0.717, 1.165) is 31.7 Å². The second-order valence-corrected chi connectivity index (χ2v) is 5.90. The first-order valence-corrected chi connectivity index (χ1v) is 7.74. The lowest BCUT2D eigenvalue weighted by molar-refractivity contribution is -0.123. The molecule has 1 aliphatic rings. The van der Waals surface area contributed by atoms with Crippen molar-refractivity contribution in [2.45, 2.75) is 25.8 Å². The van der Waals surface area contributed by atoms with Gasteiger partial charge < -0.3 is 10.1 Å². The molecule has 0 aromatic heterocycles. The lowest BCUT2D eigenvalue weighted by Gasteiger charge is -2.32. The molecule has 1 saturated heterocycles. The summed E-state index contributed by atoms with van der Waals surface area (Å²) in [5, 5.41) is 3.08. The molecule has 4 heteroatoms. The fourth-order valence-electron chi connectivity index (χ4n) is 2.98. The Morgan fingerprint density at radius 2 is 2.19 bits per heavy atom. The van der Waals surface area contributed by atoms with Crippen LogP contribution in [0.4, 0.5) is 0 Å². The highest BCUT2D eigenvalue weighted by atomic mass is 16.5. The summed E-state index contributed by atoms with van der Waals surface area (Å²) in [6.45, 7) is 5.27. The Morgan fingerprint density at radius 3 is 2.90 bits per heavy atom. The van der Waals surface area contributed by atoms with Crippen LogP contribution in [0.5, 0.6) is 0 Å². The normalized spacial score (nSPS) is 21.0. The van der Waals surface area contributed by atoms with Crippen molar-refractivity contribution in [2.24, 2.45) is 5.92 Å². The van der Waals surface area contributed by atoms with Crippen LogP contribution in [0.3, 0.4) is 0 Å². The van der Waals surface area contributed by atoms with E-state index < -0.39 is 0 Å². The fraction of sp³-hybridized carbons (Fsp3) is 0.588. The molecule has 0 unspecified atom stereocenters. The smallest absolute Gasteiger partial charge is 0.234 e. The number of hydrogen-bond acceptors (Lipinski definition) is 3. The first-order valence-electron chi connectivity index (χ1n) is 7.74. The summed E-state index contributed by atoms with van der Waals surface area (Å²) in [5.74, 6) is 0.660. The molecule has 0 bridgehead atoms. The number of nitrogens with zero attached hydrogens (tertiary/aromatic N) is 1. The van der Waals surface area contributed by atoms with Crippen molar-refractivity contribution in [3.8, 4) is 0 Å². The molecule has 1 aliphatic heterocycles. The predicted molar refractivity (Wildman–Crippen MR) is 84.0 cm³/mol. The zero-order valence-electron chi connectivity index (χ0n) is 13.0. The molecular formula is C17H26N2O2. The Labute approximate surface area is 127 Å². The van der Waals surface area contributed by atoms with Crippen LogP contribution in [0.1, 0.15) is 31.4 Å². The number of likely N-dealkylation sites (tertiary alicyclic amines) is 1. The van der Waals surface area contributed by atoms with Crippen molar-refractivity contribution in [2.75, 3.05) is 33.4 Å². The van der Waals surface area contributed by atoms with E-state index in [2.05, 4.69) is 10.2 Å². The largest absolute Gasteiger partial charge is 0.384 e. The van der Waals surface area contributed by atoms with Gasteiger partial charge in [0.15, 0.2) is 0 Å². The van der Waals surface area contributed by atoms with E-state index in [-0.39, 0.29) is 11.9 Å². The molecule has 1 aromatic rings. The van der Waals surface area contributed by atoms with Crippen molar-refractivity contribution >= 4 is 5.91 Å². The molecule has 1 heterocycles. The van der Waals surface area contributed by atoms with Gasteiger partial charge in [0.05, 0.1) is 19.2 Å². The number of nitrogens with one attached hydrogen (secondary N) is 1. The van der Waals surface area contributed by atoms with Gasteiger partial charge >= 0.3 is 0 Å². The van der Waals surface area contributed by atoms with Crippen LogP contribution in [0.25, 0.3) is 0 Å². The van der Waals surface area contributed by atoms with Crippen LogP contribution in [0.15, 0.2) is 30.3 Å². The number of carbonyl (C=O) groups excluding carboxylic acids is 1.